The first-order valence-electron chi connectivity index (χ1n) is 6.62. The third-order valence-electron chi connectivity index (χ3n) is 3.17. The minimum absolute atomic E-state index is 0.0201. The van der Waals surface area contributed by atoms with Crippen LogP contribution in [0.25, 0.3) is 0 Å². The summed E-state index contributed by atoms with van der Waals surface area (Å²) in [6, 6.07) is 0. The average Bonchev–Trinajstić information content (AvgIpc) is 2.29. The van der Waals surface area contributed by atoms with Gasteiger partial charge in [0.05, 0.1) is 6.61 Å². The molecule has 0 atom stereocenters. The molecule has 0 unspecified atom stereocenters. The van der Waals surface area contributed by atoms with Crippen LogP contribution >= 0.6 is 0 Å². The van der Waals surface area contributed by atoms with Crippen molar-refractivity contribution in [3.63, 3.8) is 0 Å². The summed E-state index contributed by atoms with van der Waals surface area (Å²) in [5.74, 6) is -0.195. The second kappa shape index (κ2) is 6.90. The quantitative estimate of drug-likeness (QED) is 0.529. The van der Waals surface area contributed by atoms with Crippen LogP contribution in [0.2, 0.25) is 0 Å². The van der Waals surface area contributed by atoms with E-state index < -0.39 is 0 Å². The van der Waals surface area contributed by atoms with E-state index in [-0.39, 0.29) is 11.4 Å². The highest BCUT2D eigenvalue weighted by Gasteiger charge is 2.25. The Kier molecular flexibility index (Phi) is 5.82. The summed E-state index contributed by atoms with van der Waals surface area (Å²) in [4.78, 5) is 15.7. The van der Waals surface area contributed by atoms with Gasteiger partial charge in [0.25, 0.3) is 0 Å². The van der Waals surface area contributed by atoms with Crippen molar-refractivity contribution in [1.82, 2.24) is 9.80 Å². The first-order valence-corrected chi connectivity index (χ1v) is 6.62. The molecule has 0 bridgehead atoms. The topological polar surface area (TPSA) is 32.8 Å². The molecule has 104 valence electrons. The monoisotopic (exact) mass is 254 g/mol. The van der Waals surface area contributed by atoms with Crippen molar-refractivity contribution in [3.8, 4) is 0 Å². The number of piperazine rings is 1. The lowest BCUT2D eigenvalue weighted by molar-refractivity contribution is -0.144. The van der Waals surface area contributed by atoms with Gasteiger partial charge in [-0.05, 0) is 0 Å². The molecule has 0 spiro atoms. The SMILES string of the molecule is C=CCN1CCN(CC(C)(C)COC(C)=O)CC1. The fourth-order valence-corrected chi connectivity index (χ4v) is 2.26. The lowest BCUT2D eigenvalue weighted by Gasteiger charge is -2.38. The predicted octanol–water partition coefficient (Wildman–Crippen LogP) is 1.38. The molecule has 1 saturated heterocycles. The van der Waals surface area contributed by atoms with Crippen LogP contribution in [0.15, 0.2) is 12.7 Å². The Morgan fingerprint density at radius 3 is 2.33 bits per heavy atom. The van der Waals surface area contributed by atoms with Gasteiger partial charge in [0, 0.05) is 51.6 Å². The smallest absolute Gasteiger partial charge is 0.302 e. The average molecular weight is 254 g/mol. The Bertz CT molecular complexity index is 282. The number of hydrogen-bond donors (Lipinski definition) is 0. The first kappa shape index (κ1) is 15.2. The van der Waals surface area contributed by atoms with E-state index in [1.807, 2.05) is 6.08 Å². The summed E-state index contributed by atoms with van der Waals surface area (Å²) < 4.78 is 5.12. The molecule has 1 heterocycles. The van der Waals surface area contributed by atoms with Crippen molar-refractivity contribution in [2.24, 2.45) is 5.41 Å². The molecule has 4 nitrogen and oxygen atoms in total. The van der Waals surface area contributed by atoms with Crippen molar-refractivity contribution in [2.45, 2.75) is 20.8 Å². The van der Waals surface area contributed by atoms with Gasteiger partial charge in [0.2, 0.25) is 0 Å². The van der Waals surface area contributed by atoms with Gasteiger partial charge >= 0.3 is 5.97 Å². The maximum atomic E-state index is 10.8. The van der Waals surface area contributed by atoms with E-state index in [0.717, 1.165) is 39.3 Å². The number of carbonyl (C=O) groups excluding carboxylic acids is 1. The van der Waals surface area contributed by atoms with E-state index in [1.54, 1.807) is 0 Å². The van der Waals surface area contributed by atoms with Crippen LogP contribution in [0.3, 0.4) is 0 Å². The molecule has 4 heteroatoms. The number of hydrogen-bond acceptors (Lipinski definition) is 4. The Balaban J connectivity index is 2.30. The molecule has 0 N–H and O–H groups in total. The number of carbonyl (C=O) groups is 1. The molecule has 1 aliphatic rings. The Morgan fingerprint density at radius 1 is 1.28 bits per heavy atom. The van der Waals surface area contributed by atoms with Gasteiger partial charge in [-0.1, -0.05) is 19.9 Å². The predicted molar refractivity (Wildman–Crippen MR) is 73.5 cm³/mol. The molecule has 0 aromatic rings. The van der Waals surface area contributed by atoms with Crippen LogP contribution < -0.4 is 0 Å². The summed E-state index contributed by atoms with van der Waals surface area (Å²) in [5, 5.41) is 0. The van der Waals surface area contributed by atoms with E-state index in [2.05, 4.69) is 30.2 Å². The van der Waals surface area contributed by atoms with E-state index in [4.69, 9.17) is 4.74 Å². The van der Waals surface area contributed by atoms with E-state index in [0.29, 0.717) is 6.61 Å². The van der Waals surface area contributed by atoms with Crippen molar-refractivity contribution in [1.29, 1.82) is 0 Å². The fraction of sp³-hybridized carbons (Fsp3) is 0.786. The molecule has 1 rings (SSSR count). The van der Waals surface area contributed by atoms with Crippen molar-refractivity contribution < 1.29 is 9.53 Å². The third kappa shape index (κ3) is 5.65. The van der Waals surface area contributed by atoms with Crippen LogP contribution in [0.5, 0.6) is 0 Å². The van der Waals surface area contributed by atoms with Gasteiger partial charge < -0.3 is 9.64 Å². The minimum atomic E-state index is -0.195. The first-order chi connectivity index (χ1) is 8.43. The molecule has 0 saturated carbocycles. The molecule has 1 aliphatic heterocycles. The van der Waals surface area contributed by atoms with E-state index >= 15 is 0 Å². The fourth-order valence-electron chi connectivity index (χ4n) is 2.26. The lowest BCUT2D eigenvalue weighted by Crippen LogP contribution is -2.49. The number of rotatable bonds is 6. The standard InChI is InChI=1S/C14H26N2O2/c1-5-6-15-7-9-16(10-8-15)11-14(3,4)12-18-13(2)17/h5H,1,6-12H2,2-4H3. The minimum Gasteiger partial charge on any atom is -0.465 e. The van der Waals surface area contributed by atoms with Crippen LogP contribution in [0, 0.1) is 5.41 Å². The highest BCUT2D eigenvalue weighted by Crippen LogP contribution is 2.18. The summed E-state index contributed by atoms with van der Waals surface area (Å²) >= 11 is 0. The van der Waals surface area contributed by atoms with Gasteiger partial charge in [-0.25, -0.2) is 0 Å². The van der Waals surface area contributed by atoms with Crippen molar-refractivity contribution in [3.05, 3.63) is 12.7 Å². The molecule has 1 fully saturated rings. The van der Waals surface area contributed by atoms with Crippen LogP contribution in [0.4, 0.5) is 0 Å². The molecule has 18 heavy (non-hydrogen) atoms. The third-order valence-corrected chi connectivity index (χ3v) is 3.17. The summed E-state index contributed by atoms with van der Waals surface area (Å²) in [6.45, 7) is 16.3. The number of esters is 1. The van der Waals surface area contributed by atoms with Crippen LogP contribution in [0.1, 0.15) is 20.8 Å². The van der Waals surface area contributed by atoms with E-state index in [1.165, 1.54) is 6.92 Å². The molecular formula is C14H26N2O2. The van der Waals surface area contributed by atoms with Gasteiger partial charge in [0.1, 0.15) is 0 Å². The molecule has 0 radical (unpaired) electrons. The molecular weight excluding hydrogens is 228 g/mol. The second-order valence-corrected chi connectivity index (χ2v) is 5.81. The summed E-state index contributed by atoms with van der Waals surface area (Å²) in [5.41, 5.74) is 0.0201. The van der Waals surface area contributed by atoms with Gasteiger partial charge in [-0.3, -0.25) is 9.69 Å². The largest absolute Gasteiger partial charge is 0.465 e. The Labute approximate surface area is 111 Å². The number of ether oxygens (including phenoxy) is 1. The highest BCUT2D eigenvalue weighted by molar-refractivity contribution is 5.65. The summed E-state index contributed by atoms with van der Waals surface area (Å²) in [7, 11) is 0. The zero-order chi connectivity index (χ0) is 13.6. The zero-order valence-electron chi connectivity index (χ0n) is 11.9. The zero-order valence-corrected chi connectivity index (χ0v) is 11.9. The highest BCUT2D eigenvalue weighted by atomic mass is 16.5. The molecule has 0 aromatic heterocycles. The Morgan fingerprint density at radius 2 is 1.83 bits per heavy atom. The van der Waals surface area contributed by atoms with Crippen LogP contribution in [-0.2, 0) is 9.53 Å². The second-order valence-electron chi connectivity index (χ2n) is 5.81. The Hall–Kier alpha value is -0.870. The van der Waals surface area contributed by atoms with Gasteiger partial charge in [-0.2, -0.15) is 0 Å². The normalized spacial score (nSPS) is 18.6. The van der Waals surface area contributed by atoms with Gasteiger partial charge in [-0.15, -0.1) is 6.58 Å². The summed E-state index contributed by atoms with van der Waals surface area (Å²) in [6.07, 6.45) is 1.96. The van der Waals surface area contributed by atoms with Gasteiger partial charge in [0.15, 0.2) is 0 Å². The van der Waals surface area contributed by atoms with E-state index in [9.17, 15) is 4.79 Å². The maximum absolute atomic E-state index is 10.8. The molecule has 0 aliphatic carbocycles. The van der Waals surface area contributed by atoms with Crippen molar-refractivity contribution in [2.75, 3.05) is 45.9 Å². The lowest BCUT2D eigenvalue weighted by atomic mass is 9.93. The van der Waals surface area contributed by atoms with Crippen molar-refractivity contribution >= 4 is 5.97 Å². The number of nitrogens with zero attached hydrogens (tertiary/aromatic N) is 2. The maximum Gasteiger partial charge on any atom is 0.302 e. The molecule has 0 amide bonds. The van der Waals surface area contributed by atoms with Crippen LogP contribution in [-0.4, -0.2) is 61.6 Å². The molecule has 0 aromatic carbocycles.